The zero-order chi connectivity index (χ0) is 16.6. The van der Waals surface area contributed by atoms with Gasteiger partial charge in [-0.1, -0.05) is 16.8 Å². The fraction of sp³-hybridized carbons (Fsp3) is 0.143. The number of aromatic nitrogens is 1. The van der Waals surface area contributed by atoms with Gasteiger partial charge in [0.25, 0.3) is 5.91 Å². The molecule has 3 aromatic rings. The molecule has 23 heavy (non-hydrogen) atoms. The first-order valence-corrected chi connectivity index (χ1v) is 7.55. The molecule has 5 nitrogen and oxygen atoms in total. The summed E-state index contributed by atoms with van der Waals surface area (Å²) in [6.45, 7) is -1.22. The van der Waals surface area contributed by atoms with Gasteiger partial charge in [-0.05, 0) is 25.1 Å². The monoisotopic (exact) mass is 358 g/mol. The fourth-order valence-electron chi connectivity index (χ4n) is 1.97. The molecule has 0 bridgehead atoms. The molecule has 0 atom stereocenters. The summed E-state index contributed by atoms with van der Waals surface area (Å²) in [6.07, 6.45) is 0. The van der Waals surface area contributed by atoms with Crippen LogP contribution in [0.15, 0.2) is 28.8 Å². The number of nitrogens with one attached hydrogen (secondary N) is 1. The molecular formula is C14H9ClF2N2O3S. The number of hydrogen-bond acceptors (Lipinski definition) is 5. The predicted molar refractivity (Wildman–Crippen MR) is 82.7 cm³/mol. The second kappa shape index (κ2) is 6.13. The number of hydrogen-bond donors (Lipinski definition) is 1. The van der Waals surface area contributed by atoms with Gasteiger partial charge < -0.3 is 14.6 Å². The number of nitrogens with zero attached hydrogens (tertiary/aromatic N) is 1. The highest BCUT2D eigenvalue weighted by atomic mass is 35.5. The summed E-state index contributed by atoms with van der Waals surface area (Å²) in [6, 6.07) is 5.88. The maximum Gasteiger partial charge on any atom is 0.387 e. The van der Waals surface area contributed by atoms with Gasteiger partial charge >= 0.3 is 6.61 Å². The number of alkyl halides is 2. The smallest absolute Gasteiger partial charge is 0.387 e. The first-order chi connectivity index (χ1) is 10.9. The minimum Gasteiger partial charge on any atom is -0.435 e. The Morgan fingerprint density at radius 1 is 1.43 bits per heavy atom. The molecule has 1 aromatic carbocycles. The second-order valence-electron chi connectivity index (χ2n) is 4.56. The van der Waals surface area contributed by atoms with E-state index < -0.39 is 12.5 Å². The molecule has 3 rings (SSSR count). The topological polar surface area (TPSA) is 64.4 Å². The van der Waals surface area contributed by atoms with Gasteiger partial charge in [0, 0.05) is 16.2 Å². The number of carbonyl (C=O) groups excluding carboxylic acids is 1. The predicted octanol–water partition coefficient (Wildman–Crippen LogP) is 4.70. The van der Waals surface area contributed by atoms with Crippen LogP contribution in [-0.4, -0.2) is 17.7 Å². The van der Waals surface area contributed by atoms with Crippen molar-refractivity contribution in [2.45, 2.75) is 13.5 Å². The molecule has 2 aromatic heterocycles. The molecule has 0 unspecified atom stereocenters. The number of benzene rings is 1. The normalized spacial score (nSPS) is 11.2. The van der Waals surface area contributed by atoms with Gasteiger partial charge in [-0.25, -0.2) is 0 Å². The Balaban J connectivity index is 1.91. The van der Waals surface area contributed by atoms with Crippen LogP contribution in [0.3, 0.4) is 0 Å². The SMILES string of the molecule is Cc1cc(NC(=O)c2sc3cc(OC(F)F)ccc3c2Cl)no1. The number of ether oxygens (including phenoxy) is 1. The van der Waals surface area contributed by atoms with E-state index in [0.29, 0.717) is 15.8 Å². The van der Waals surface area contributed by atoms with E-state index in [1.54, 1.807) is 13.0 Å². The number of thiophene rings is 1. The van der Waals surface area contributed by atoms with E-state index in [0.717, 1.165) is 11.3 Å². The van der Waals surface area contributed by atoms with Crippen molar-refractivity contribution < 1.29 is 22.8 Å². The van der Waals surface area contributed by atoms with Crippen molar-refractivity contribution in [3.05, 3.63) is 39.9 Å². The Bertz CT molecular complexity index is 878. The first-order valence-electron chi connectivity index (χ1n) is 6.35. The van der Waals surface area contributed by atoms with Crippen LogP contribution in [0.1, 0.15) is 15.4 Å². The summed E-state index contributed by atoms with van der Waals surface area (Å²) in [7, 11) is 0. The minimum absolute atomic E-state index is 0.00417. The number of carbonyl (C=O) groups is 1. The van der Waals surface area contributed by atoms with E-state index in [-0.39, 0.29) is 21.5 Å². The maximum atomic E-state index is 12.3. The van der Waals surface area contributed by atoms with Gasteiger partial charge in [0.2, 0.25) is 0 Å². The molecule has 9 heteroatoms. The highest BCUT2D eigenvalue weighted by molar-refractivity contribution is 7.21. The summed E-state index contributed by atoms with van der Waals surface area (Å²) in [5.74, 6) is 0.365. The van der Waals surface area contributed by atoms with Crippen molar-refractivity contribution in [1.82, 2.24) is 5.16 Å². The van der Waals surface area contributed by atoms with Gasteiger partial charge in [0.1, 0.15) is 16.4 Å². The average Bonchev–Trinajstić information content (AvgIpc) is 3.02. The van der Waals surface area contributed by atoms with E-state index >= 15 is 0 Å². The van der Waals surface area contributed by atoms with Crippen molar-refractivity contribution >= 4 is 44.7 Å². The van der Waals surface area contributed by atoms with Crippen LogP contribution in [-0.2, 0) is 0 Å². The molecule has 0 saturated carbocycles. The van der Waals surface area contributed by atoms with Crippen LogP contribution in [0.4, 0.5) is 14.6 Å². The van der Waals surface area contributed by atoms with Crippen LogP contribution >= 0.6 is 22.9 Å². The lowest BCUT2D eigenvalue weighted by atomic mass is 10.2. The summed E-state index contributed by atoms with van der Waals surface area (Å²) < 4.78 is 34.3. The third-order valence-electron chi connectivity index (χ3n) is 2.90. The van der Waals surface area contributed by atoms with E-state index in [1.165, 1.54) is 18.2 Å². The van der Waals surface area contributed by atoms with Gasteiger partial charge in [-0.2, -0.15) is 8.78 Å². The largest absolute Gasteiger partial charge is 0.435 e. The number of halogens is 3. The summed E-state index contributed by atoms with van der Waals surface area (Å²) in [5, 5.41) is 7.05. The molecule has 0 spiro atoms. The van der Waals surface area contributed by atoms with Crippen LogP contribution in [0.2, 0.25) is 5.02 Å². The van der Waals surface area contributed by atoms with Crippen LogP contribution < -0.4 is 10.1 Å². The average molecular weight is 359 g/mol. The van der Waals surface area contributed by atoms with Gasteiger partial charge in [-0.15, -0.1) is 11.3 Å². The maximum absolute atomic E-state index is 12.3. The molecule has 0 aliphatic carbocycles. The number of anilines is 1. The highest BCUT2D eigenvalue weighted by Gasteiger charge is 2.19. The van der Waals surface area contributed by atoms with Crippen molar-refractivity contribution in [3.8, 4) is 5.75 Å². The van der Waals surface area contributed by atoms with E-state index in [4.69, 9.17) is 16.1 Å². The standard InChI is InChI=1S/C14H9ClF2N2O3S/c1-6-4-10(19-22-6)18-13(20)12-11(15)8-3-2-7(21-14(16)17)5-9(8)23-12/h2-5,14H,1H3,(H,18,19,20). The molecule has 0 radical (unpaired) electrons. The molecule has 1 N–H and O–H groups in total. The molecule has 2 heterocycles. The number of amides is 1. The number of fused-ring (bicyclic) bond motifs is 1. The highest BCUT2D eigenvalue weighted by Crippen LogP contribution is 2.37. The quantitative estimate of drug-likeness (QED) is 0.734. The Morgan fingerprint density at radius 2 is 2.22 bits per heavy atom. The lowest BCUT2D eigenvalue weighted by Gasteiger charge is -2.03. The Labute approximate surface area is 137 Å². The zero-order valence-corrected chi connectivity index (χ0v) is 13.2. The van der Waals surface area contributed by atoms with Crippen molar-refractivity contribution in [3.63, 3.8) is 0 Å². The zero-order valence-electron chi connectivity index (χ0n) is 11.6. The van der Waals surface area contributed by atoms with Gasteiger partial charge in [0.05, 0.1) is 5.02 Å². The summed E-state index contributed by atoms with van der Waals surface area (Å²) >= 11 is 7.27. The van der Waals surface area contributed by atoms with Crippen LogP contribution in [0.5, 0.6) is 5.75 Å². The van der Waals surface area contributed by atoms with Crippen LogP contribution in [0, 0.1) is 6.92 Å². The third kappa shape index (κ3) is 3.27. The fourth-order valence-corrected chi connectivity index (χ4v) is 3.41. The van der Waals surface area contributed by atoms with Crippen molar-refractivity contribution in [1.29, 1.82) is 0 Å². The number of rotatable bonds is 4. The second-order valence-corrected chi connectivity index (χ2v) is 5.99. The summed E-state index contributed by atoms with van der Waals surface area (Å²) in [4.78, 5) is 12.5. The molecule has 0 aliphatic rings. The Hall–Kier alpha value is -2.19. The van der Waals surface area contributed by atoms with Gasteiger partial charge in [-0.3, -0.25) is 4.79 Å². The van der Waals surface area contributed by atoms with Crippen LogP contribution in [0.25, 0.3) is 10.1 Å². The molecule has 120 valence electrons. The molecular weight excluding hydrogens is 350 g/mol. The molecule has 1 amide bonds. The lowest BCUT2D eigenvalue weighted by Crippen LogP contribution is -2.10. The van der Waals surface area contributed by atoms with Crippen molar-refractivity contribution in [2.75, 3.05) is 5.32 Å². The van der Waals surface area contributed by atoms with Crippen molar-refractivity contribution in [2.24, 2.45) is 0 Å². The summed E-state index contributed by atoms with van der Waals surface area (Å²) in [5.41, 5.74) is 0. The number of aryl methyl sites for hydroxylation is 1. The molecule has 0 saturated heterocycles. The lowest BCUT2D eigenvalue weighted by molar-refractivity contribution is -0.0497. The Kier molecular flexibility index (Phi) is 4.18. The van der Waals surface area contributed by atoms with E-state index in [9.17, 15) is 13.6 Å². The third-order valence-corrected chi connectivity index (χ3v) is 4.56. The molecule has 0 aliphatic heterocycles. The first kappa shape index (κ1) is 15.7. The molecule has 0 fully saturated rings. The Morgan fingerprint density at radius 3 is 2.87 bits per heavy atom. The minimum atomic E-state index is -2.92. The van der Waals surface area contributed by atoms with E-state index in [1.807, 2.05) is 0 Å². The van der Waals surface area contributed by atoms with E-state index in [2.05, 4.69) is 15.2 Å². The van der Waals surface area contributed by atoms with Gasteiger partial charge in [0.15, 0.2) is 5.82 Å².